The molecular weight excluding hydrogens is 584 g/mol. The molecule has 1 aliphatic heterocycles. The van der Waals surface area contributed by atoms with Crippen molar-refractivity contribution >= 4 is 29.8 Å². The standard InChI is InChI=1S/C34H26O11/c35-29(36)27-25(41-30(37)21-13-5-1-6-14-21)26(42-31(38)22-15-7-2-8-16-22)28(43-32(39)23-17-9-3-10-18-23)34(44-27)45-33(40)24-19-11-4-12-20-24/h1-20,25-28,34H,(H,35,36)/t25-,26-,27?,28?,34?/m0/s1. The second-order valence-corrected chi connectivity index (χ2v) is 9.74. The summed E-state index contributed by atoms with van der Waals surface area (Å²) < 4.78 is 28.3. The van der Waals surface area contributed by atoms with Crippen molar-refractivity contribution in [3.8, 4) is 0 Å². The van der Waals surface area contributed by atoms with E-state index in [1.165, 1.54) is 48.5 Å². The van der Waals surface area contributed by atoms with Crippen molar-refractivity contribution < 1.29 is 52.8 Å². The minimum absolute atomic E-state index is 0.0604. The van der Waals surface area contributed by atoms with Crippen LogP contribution in [0.5, 0.6) is 0 Å². The Hall–Kier alpha value is -5.81. The Kier molecular flexibility index (Phi) is 9.61. The lowest BCUT2D eigenvalue weighted by Gasteiger charge is -2.42. The van der Waals surface area contributed by atoms with Crippen molar-refractivity contribution in [2.24, 2.45) is 0 Å². The van der Waals surface area contributed by atoms with Crippen LogP contribution in [-0.2, 0) is 28.5 Å². The van der Waals surface area contributed by atoms with Gasteiger partial charge in [0.2, 0.25) is 12.4 Å². The first-order chi connectivity index (χ1) is 21.8. The van der Waals surface area contributed by atoms with E-state index in [1.807, 2.05) is 0 Å². The third-order valence-electron chi connectivity index (χ3n) is 6.73. The summed E-state index contributed by atoms with van der Waals surface area (Å²) >= 11 is 0. The normalized spacial score (nSPS) is 20.7. The molecule has 4 aromatic rings. The van der Waals surface area contributed by atoms with Crippen LogP contribution in [0.2, 0.25) is 0 Å². The van der Waals surface area contributed by atoms with E-state index in [-0.39, 0.29) is 22.3 Å². The fourth-order valence-electron chi connectivity index (χ4n) is 4.54. The fraction of sp³-hybridized carbons (Fsp3) is 0.147. The maximum atomic E-state index is 13.3. The van der Waals surface area contributed by atoms with Crippen LogP contribution < -0.4 is 0 Å². The number of aliphatic carboxylic acids is 1. The van der Waals surface area contributed by atoms with E-state index in [9.17, 15) is 29.1 Å². The van der Waals surface area contributed by atoms with Gasteiger partial charge in [-0.3, -0.25) is 0 Å². The molecule has 11 heteroatoms. The Balaban J connectivity index is 1.57. The smallest absolute Gasteiger partial charge is 0.340 e. The number of carbonyl (C=O) groups is 5. The van der Waals surface area contributed by atoms with Crippen LogP contribution in [0.4, 0.5) is 0 Å². The van der Waals surface area contributed by atoms with Crippen LogP contribution in [0.1, 0.15) is 41.4 Å². The van der Waals surface area contributed by atoms with Gasteiger partial charge in [0.1, 0.15) is 0 Å². The van der Waals surface area contributed by atoms with Gasteiger partial charge in [-0.1, -0.05) is 72.8 Å². The Morgan fingerprint density at radius 2 is 0.756 bits per heavy atom. The number of carboxylic acid groups (broad SMARTS) is 1. The molecule has 0 aliphatic carbocycles. The van der Waals surface area contributed by atoms with Crippen molar-refractivity contribution in [2.45, 2.75) is 30.7 Å². The van der Waals surface area contributed by atoms with Crippen LogP contribution >= 0.6 is 0 Å². The molecule has 5 rings (SSSR count). The SMILES string of the molecule is O=C(OC1OC(C(=O)O)[C@@H](OC(=O)c2ccccc2)[C@H](OC(=O)c2ccccc2)C1OC(=O)c1ccccc1)c1ccccc1. The molecule has 0 saturated carbocycles. The van der Waals surface area contributed by atoms with Gasteiger partial charge in [0, 0.05) is 0 Å². The van der Waals surface area contributed by atoms with E-state index in [1.54, 1.807) is 72.8 Å². The number of hydrogen-bond donors (Lipinski definition) is 1. The van der Waals surface area contributed by atoms with Crippen molar-refractivity contribution in [2.75, 3.05) is 0 Å². The zero-order valence-corrected chi connectivity index (χ0v) is 23.5. The molecule has 3 unspecified atom stereocenters. The molecule has 11 nitrogen and oxygen atoms in total. The highest BCUT2D eigenvalue weighted by Gasteiger charge is 2.56. The minimum atomic E-state index is -2.02. The molecule has 45 heavy (non-hydrogen) atoms. The largest absolute Gasteiger partial charge is 0.479 e. The quantitative estimate of drug-likeness (QED) is 0.213. The molecule has 1 saturated heterocycles. The molecule has 5 atom stereocenters. The average molecular weight is 611 g/mol. The predicted octanol–water partition coefficient (Wildman–Crippen LogP) is 4.33. The van der Waals surface area contributed by atoms with Gasteiger partial charge in [-0.25, -0.2) is 24.0 Å². The number of rotatable bonds is 9. The molecule has 1 heterocycles. The van der Waals surface area contributed by atoms with E-state index >= 15 is 0 Å². The van der Waals surface area contributed by atoms with Crippen molar-refractivity contribution in [1.82, 2.24) is 0 Å². The molecule has 0 bridgehead atoms. The highest BCUT2D eigenvalue weighted by Crippen LogP contribution is 2.32. The lowest BCUT2D eigenvalue weighted by atomic mass is 9.97. The van der Waals surface area contributed by atoms with E-state index < -0.39 is 60.6 Å². The maximum absolute atomic E-state index is 13.3. The summed E-state index contributed by atoms with van der Waals surface area (Å²) in [5.41, 5.74) is 0.286. The number of ether oxygens (including phenoxy) is 5. The van der Waals surface area contributed by atoms with E-state index in [4.69, 9.17) is 23.7 Å². The number of carbonyl (C=O) groups excluding carboxylic acids is 4. The molecule has 4 aromatic carbocycles. The van der Waals surface area contributed by atoms with Gasteiger partial charge in [-0.15, -0.1) is 0 Å². The lowest BCUT2D eigenvalue weighted by molar-refractivity contribution is -0.276. The summed E-state index contributed by atoms with van der Waals surface area (Å²) in [6, 6.07) is 30.8. The van der Waals surface area contributed by atoms with Gasteiger partial charge in [-0.05, 0) is 48.5 Å². The molecular formula is C34H26O11. The van der Waals surface area contributed by atoms with Gasteiger partial charge >= 0.3 is 29.8 Å². The second-order valence-electron chi connectivity index (χ2n) is 9.74. The molecule has 1 fully saturated rings. The predicted molar refractivity (Wildman–Crippen MR) is 155 cm³/mol. The van der Waals surface area contributed by atoms with Crippen molar-refractivity contribution in [3.05, 3.63) is 144 Å². The molecule has 1 N–H and O–H groups in total. The maximum Gasteiger partial charge on any atom is 0.340 e. The third kappa shape index (κ3) is 7.40. The van der Waals surface area contributed by atoms with Gasteiger partial charge in [-0.2, -0.15) is 0 Å². The van der Waals surface area contributed by atoms with Crippen molar-refractivity contribution in [3.63, 3.8) is 0 Å². The van der Waals surface area contributed by atoms with E-state index in [0.717, 1.165) is 0 Å². The van der Waals surface area contributed by atoms with E-state index in [2.05, 4.69) is 0 Å². The topological polar surface area (TPSA) is 152 Å². The van der Waals surface area contributed by atoms with E-state index in [0.29, 0.717) is 0 Å². The summed E-state index contributed by atoms with van der Waals surface area (Å²) in [5, 5.41) is 10.2. The Morgan fingerprint density at radius 1 is 0.444 bits per heavy atom. The second kappa shape index (κ2) is 14.1. The summed E-state index contributed by atoms with van der Waals surface area (Å²) in [7, 11) is 0. The van der Waals surface area contributed by atoms with Crippen LogP contribution in [0.25, 0.3) is 0 Å². The highest BCUT2D eigenvalue weighted by atomic mass is 16.7. The lowest BCUT2D eigenvalue weighted by Crippen LogP contribution is -2.64. The van der Waals surface area contributed by atoms with Gasteiger partial charge in [0.25, 0.3) is 0 Å². The molecule has 0 spiro atoms. The summed E-state index contributed by atoms with van der Waals surface area (Å²) in [5.74, 6) is -5.44. The number of hydrogen-bond acceptors (Lipinski definition) is 10. The Labute approximate surface area is 256 Å². The molecule has 1 aliphatic rings. The zero-order chi connectivity index (χ0) is 31.8. The van der Waals surface area contributed by atoms with Crippen LogP contribution in [0.15, 0.2) is 121 Å². The molecule has 228 valence electrons. The summed E-state index contributed by atoms with van der Waals surface area (Å²) in [6.07, 6.45) is -9.40. The number of carboxylic acids is 1. The zero-order valence-electron chi connectivity index (χ0n) is 23.5. The van der Waals surface area contributed by atoms with Gasteiger partial charge in [0.05, 0.1) is 22.3 Å². The first kappa shape index (κ1) is 30.6. The first-order valence-electron chi connectivity index (χ1n) is 13.7. The number of esters is 4. The molecule has 0 amide bonds. The van der Waals surface area contributed by atoms with Crippen LogP contribution in [0, 0.1) is 0 Å². The third-order valence-corrected chi connectivity index (χ3v) is 6.73. The number of benzene rings is 4. The Morgan fingerprint density at radius 3 is 1.11 bits per heavy atom. The molecule has 0 aromatic heterocycles. The fourth-order valence-corrected chi connectivity index (χ4v) is 4.54. The van der Waals surface area contributed by atoms with Gasteiger partial charge in [0.15, 0.2) is 18.3 Å². The minimum Gasteiger partial charge on any atom is -0.479 e. The monoisotopic (exact) mass is 610 g/mol. The highest BCUT2D eigenvalue weighted by molar-refractivity contribution is 5.92. The van der Waals surface area contributed by atoms with Crippen molar-refractivity contribution in [1.29, 1.82) is 0 Å². The first-order valence-corrected chi connectivity index (χ1v) is 13.7. The Bertz CT molecular complexity index is 1640. The summed E-state index contributed by atoms with van der Waals surface area (Å²) in [6.45, 7) is 0. The average Bonchev–Trinajstić information content (AvgIpc) is 3.08. The summed E-state index contributed by atoms with van der Waals surface area (Å²) in [4.78, 5) is 65.4. The van der Waals surface area contributed by atoms with Gasteiger partial charge < -0.3 is 28.8 Å². The van der Waals surface area contributed by atoms with Crippen LogP contribution in [-0.4, -0.2) is 65.7 Å². The van der Waals surface area contributed by atoms with Crippen LogP contribution in [0.3, 0.4) is 0 Å². The molecule has 0 radical (unpaired) electrons.